The van der Waals surface area contributed by atoms with Crippen molar-refractivity contribution in [1.29, 1.82) is 0 Å². The summed E-state index contributed by atoms with van der Waals surface area (Å²) >= 11 is 0. The van der Waals surface area contributed by atoms with Crippen molar-refractivity contribution >= 4 is 39.5 Å². The van der Waals surface area contributed by atoms with Crippen LogP contribution in [0.3, 0.4) is 0 Å². The summed E-state index contributed by atoms with van der Waals surface area (Å²) in [6.45, 7) is -0.514. The van der Waals surface area contributed by atoms with Gasteiger partial charge in [0.2, 0.25) is 5.88 Å². The number of nitrogens with zero attached hydrogens (tertiary/aromatic N) is 1. The van der Waals surface area contributed by atoms with E-state index in [1.807, 2.05) is 30.3 Å². The van der Waals surface area contributed by atoms with Crippen molar-refractivity contribution in [3.8, 4) is 17.4 Å². The van der Waals surface area contributed by atoms with Gasteiger partial charge in [0.1, 0.15) is 28.2 Å². The highest BCUT2D eigenvalue weighted by molar-refractivity contribution is 6.08. The number of anilines is 1. The molecule has 2 heterocycles. The van der Waals surface area contributed by atoms with Crippen LogP contribution in [0.5, 0.6) is 17.4 Å². The molecule has 0 aliphatic rings. The van der Waals surface area contributed by atoms with Crippen LogP contribution in [0.4, 0.5) is 5.69 Å². The maximum Gasteiger partial charge on any atom is 0.344 e. The minimum atomic E-state index is -0.737. The van der Waals surface area contributed by atoms with E-state index in [1.54, 1.807) is 42.5 Å². The van der Waals surface area contributed by atoms with E-state index in [-0.39, 0.29) is 11.4 Å². The molecular weight excluding hydrogens is 448 g/mol. The number of furan rings is 1. The van der Waals surface area contributed by atoms with Crippen molar-refractivity contribution in [2.75, 3.05) is 19.0 Å². The van der Waals surface area contributed by atoms with E-state index in [9.17, 15) is 9.59 Å². The standard InChI is InChI=1S/C27H20N2O6/c1-32-24-14-20-18-10-5-6-12-22(18)35-23(20)15-21(24)29-25(30)16-33-27(31)19-11-7-13-28-26(19)34-17-8-3-2-4-9-17/h2-15H,16H2,1H3,(H,29,30). The number of amides is 1. The smallest absolute Gasteiger partial charge is 0.344 e. The number of ether oxygens (including phenoxy) is 3. The fourth-order valence-corrected chi connectivity index (χ4v) is 3.64. The molecule has 5 aromatic rings. The van der Waals surface area contributed by atoms with E-state index in [2.05, 4.69) is 10.3 Å². The first kappa shape index (κ1) is 22.0. The lowest BCUT2D eigenvalue weighted by atomic mass is 10.1. The Bertz CT molecular complexity index is 1530. The largest absolute Gasteiger partial charge is 0.495 e. The molecule has 0 atom stereocenters. The Labute approximate surface area is 200 Å². The van der Waals surface area contributed by atoms with Gasteiger partial charge in [0.25, 0.3) is 5.91 Å². The number of methoxy groups -OCH3 is 1. The highest BCUT2D eigenvalue weighted by atomic mass is 16.5. The number of benzene rings is 3. The minimum Gasteiger partial charge on any atom is -0.495 e. The zero-order valence-electron chi connectivity index (χ0n) is 18.7. The van der Waals surface area contributed by atoms with Gasteiger partial charge in [-0.3, -0.25) is 4.79 Å². The second-order valence-electron chi connectivity index (χ2n) is 7.54. The van der Waals surface area contributed by atoms with E-state index in [1.165, 1.54) is 19.4 Å². The summed E-state index contributed by atoms with van der Waals surface area (Å²) < 4.78 is 22.2. The van der Waals surface area contributed by atoms with Crippen molar-refractivity contribution in [1.82, 2.24) is 4.98 Å². The zero-order chi connectivity index (χ0) is 24.2. The van der Waals surface area contributed by atoms with Crippen LogP contribution in [0.1, 0.15) is 10.4 Å². The maximum absolute atomic E-state index is 12.6. The summed E-state index contributed by atoms with van der Waals surface area (Å²) in [5, 5.41) is 4.52. The average Bonchev–Trinajstić information content (AvgIpc) is 3.25. The van der Waals surface area contributed by atoms with Gasteiger partial charge >= 0.3 is 5.97 Å². The quantitative estimate of drug-likeness (QED) is 0.311. The van der Waals surface area contributed by atoms with Gasteiger partial charge in [0.15, 0.2) is 6.61 Å². The van der Waals surface area contributed by atoms with Gasteiger partial charge in [-0.15, -0.1) is 0 Å². The van der Waals surface area contributed by atoms with Crippen LogP contribution in [0.15, 0.2) is 89.5 Å². The number of carbonyl (C=O) groups excluding carboxylic acids is 2. The summed E-state index contributed by atoms with van der Waals surface area (Å²) in [7, 11) is 1.51. The van der Waals surface area contributed by atoms with Crippen LogP contribution in [0.2, 0.25) is 0 Å². The SMILES string of the molecule is COc1cc2c(cc1NC(=O)COC(=O)c1cccnc1Oc1ccccc1)oc1ccccc12. The lowest BCUT2D eigenvalue weighted by Crippen LogP contribution is -2.21. The maximum atomic E-state index is 12.6. The van der Waals surface area contributed by atoms with Crippen LogP contribution < -0.4 is 14.8 Å². The molecule has 2 aromatic heterocycles. The summed E-state index contributed by atoms with van der Waals surface area (Å²) in [6, 6.07) is 23.1. The number of aromatic nitrogens is 1. The second kappa shape index (κ2) is 9.56. The lowest BCUT2D eigenvalue weighted by molar-refractivity contribution is -0.119. The van der Waals surface area contributed by atoms with Crippen LogP contribution in [-0.2, 0) is 9.53 Å². The van der Waals surface area contributed by atoms with E-state index < -0.39 is 18.5 Å². The topological polar surface area (TPSA) is 99.9 Å². The number of hydrogen-bond acceptors (Lipinski definition) is 7. The van der Waals surface area contributed by atoms with Gasteiger partial charge in [-0.05, 0) is 36.4 Å². The molecule has 1 N–H and O–H groups in total. The highest BCUT2D eigenvalue weighted by Crippen LogP contribution is 2.36. The molecule has 0 saturated carbocycles. The predicted octanol–water partition coefficient (Wildman–Crippen LogP) is 5.58. The average molecular weight is 468 g/mol. The van der Waals surface area contributed by atoms with Crippen LogP contribution in [-0.4, -0.2) is 30.6 Å². The molecule has 8 heteroatoms. The van der Waals surface area contributed by atoms with Gasteiger partial charge in [-0.2, -0.15) is 0 Å². The van der Waals surface area contributed by atoms with E-state index >= 15 is 0 Å². The van der Waals surface area contributed by atoms with Gasteiger partial charge < -0.3 is 23.9 Å². The normalized spacial score (nSPS) is 10.8. The number of carbonyl (C=O) groups is 2. The third-order valence-electron chi connectivity index (χ3n) is 5.26. The van der Waals surface area contributed by atoms with Crippen molar-refractivity contribution in [3.63, 3.8) is 0 Å². The number of nitrogens with one attached hydrogen (secondary N) is 1. The Kier molecular flexibility index (Phi) is 6.00. The molecule has 1 amide bonds. The molecule has 0 bridgehead atoms. The van der Waals surface area contributed by atoms with Crippen molar-refractivity contribution in [2.24, 2.45) is 0 Å². The third-order valence-corrected chi connectivity index (χ3v) is 5.26. The molecule has 0 spiro atoms. The second-order valence-corrected chi connectivity index (χ2v) is 7.54. The number of para-hydroxylation sites is 2. The van der Waals surface area contributed by atoms with Crippen molar-refractivity contribution in [2.45, 2.75) is 0 Å². The molecule has 8 nitrogen and oxygen atoms in total. The molecule has 0 fully saturated rings. The molecule has 0 saturated heterocycles. The third kappa shape index (κ3) is 4.63. The highest BCUT2D eigenvalue weighted by Gasteiger charge is 2.19. The van der Waals surface area contributed by atoms with Crippen molar-refractivity contribution < 1.29 is 28.2 Å². The molecule has 0 radical (unpaired) electrons. The van der Waals surface area contributed by atoms with E-state index in [0.717, 1.165) is 16.4 Å². The molecule has 174 valence electrons. The summed E-state index contributed by atoms with van der Waals surface area (Å²) in [5.41, 5.74) is 1.82. The lowest BCUT2D eigenvalue weighted by Gasteiger charge is -2.12. The molecule has 35 heavy (non-hydrogen) atoms. The number of hydrogen-bond donors (Lipinski definition) is 1. The Hall–Kier alpha value is -4.85. The summed E-state index contributed by atoms with van der Waals surface area (Å²) in [5.74, 6) is -0.220. The first-order chi connectivity index (χ1) is 17.1. The number of pyridine rings is 1. The Morgan fingerprint density at radius 2 is 1.71 bits per heavy atom. The van der Waals surface area contributed by atoms with E-state index in [0.29, 0.717) is 22.8 Å². The van der Waals surface area contributed by atoms with Crippen LogP contribution in [0.25, 0.3) is 21.9 Å². The predicted molar refractivity (Wildman–Crippen MR) is 130 cm³/mol. The van der Waals surface area contributed by atoms with Gasteiger partial charge in [0, 0.05) is 23.0 Å². The van der Waals surface area contributed by atoms with Crippen LogP contribution >= 0.6 is 0 Å². The van der Waals surface area contributed by atoms with Gasteiger partial charge in [0.05, 0.1) is 12.8 Å². The number of esters is 1. The molecule has 0 aliphatic heterocycles. The van der Waals surface area contributed by atoms with Crippen molar-refractivity contribution in [3.05, 3.63) is 90.6 Å². The number of rotatable bonds is 7. The zero-order valence-corrected chi connectivity index (χ0v) is 18.7. The Morgan fingerprint density at radius 3 is 2.54 bits per heavy atom. The first-order valence-corrected chi connectivity index (χ1v) is 10.8. The monoisotopic (exact) mass is 468 g/mol. The summed E-state index contributed by atoms with van der Waals surface area (Å²) in [4.78, 5) is 29.3. The molecule has 0 aliphatic carbocycles. The fourth-order valence-electron chi connectivity index (χ4n) is 3.64. The number of fused-ring (bicyclic) bond motifs is 3. The molecule has 3 aromatic carbocycles. The van der Waals surface area contributed by atoms with Gasteiger partial charge in [-0.25, -0.2) is 9.78 Å². The minimum absolute atomic E-state index is 0.0844. The van der Waals surface area contributed by atoms with Crippen LogP contribution in [0, 0.1) is 0 Å². The summed E-state index contributed by atoms with van der Waals surface area (Å²) in [6.07, 6.45) is 1.50. The first-order valence-electron chi connectivity index (χ1n) is 10.8. The Morgan fingerprint density at radius 1 is 0.914 bits per heavy atom. The Balaban J connectivity index is 1.29. The van der Waals surface area contributed by atoms with Gasteiger partial charge in [-0.1, -0.05) is 36.4 Å². The molecular formula is C27H20N2O6. The molecule has 5 rings (SSSR count). The van der Waals surface area contributed by atoms with E-state index in [4.69, 9.17) is 18.6 Å². The molecule has 0 unspecified atom stereocenters. The fraction of sp³-hybridized carbons (Fsp3) is 0.0741.